The monoisotopic (exact) mass is 296 g/mol. The van der Waals surface area contributed by atoms with Crippen LogP contribution in [0.4, 0.5) is 5.69 Å². The Hall–Kier alpha value is -0.800. The molecule has 2 rings (SSSR count). The minimum atomic E-state index is 0.391. The molecule has 1 aromatic rings. The largest absolute Gasteiger partial charge is 0.389 e. The Labute approximate surface area is 125 Å². The number of hydrogen-bond acceptors (Lipinski definition) is 2. The van der Waals surface area contributed by atoms with E-state index in [9.17, 15) is 0 Å². The first-order valence-corrected chi connectivity index (χ1v) is 7.68. The van der Waals surface area contributed by atoms with E-state index in [1.54, 1.807) is 0 Å². The van der Waals surface area contributed by atoms with Gasteiger partial charge in [-0.3, -0.25) is 0 Å². The average Bonchev–Trinajstić information content (AvgIpc) is 2.86. The van der Waals surface area contributed by atoms with Gasteiger partial charge in [0.1, 0.15) is 4.99 Å². The molecule has 0 aliphatic heterocycles. The maximum absolute atomic E-state index is 6.00. The Morgan fingerprint density at radius 2 is 2.11 bits per heavy atom. The van der Waals surface area contributed by atoms with Gasteiger partial charge in [-0.05, 0) is 42.9 Å². The van der Waals surface area contributed by atoms with Gasteiger partial charge < -0.3 is 11.1 Å². The van der Waals surface area contributed by atoms with E-state index in [1.165, 1.54) is 32.1 Å². The van der Waals surface area contributed by atoms with Crippen molar-refractivity contribution >= 4 is 34.5 Å². The lowest BCUT2D eigenvalue weighted by molar-refractivity contribution is 0.307. The van der Waals surface area contributed by atoms with E-state index in [2.05, 4.69) is 12.2 Å². The normalized spacial score (nSPS) is 17.4. The average molecular weight is 297 g/mol. The van der Waals surface area contributed by atoms with Gasteiger partial charge in [-0.25, -0.2) is 0 Å². The third kappa shape index (κ3) is 3.40. The third-order valence-electron chi connectivity index (χ3n) is 4.32. The molecule has 0 radical (unpaired) electrons. The Kier molecular flexibility index (Phi) is 4.69. The van der Waals surface area contributed by atoms with Gasteiger partial charge >= 0.3 is 0 Å². The number of halogens is 1. The van der Waals surface area contributed by atoms with E-state index < -0.39 is 0 Å². The highest BCUT2D eigenvalue weighted by molar-refractivity contribution is 7.80. The summed E-state index contributed by atoms with van der Waals surface area (Å²) in [6, 6.07) is 5.67. The first-order chi connectivity index (χ1) is 9.06. The van der Waals surface area contributed by atoms with Gasteiger partial charge in [0.05, 0.1) is 0 Å². The minimum Gasteiger partial charge on any atom is -0.389 e. The number of rotatable bonds is 5. The summed E-state index contributed by atoms with van der Waals surface area (Å²) in [5, 5.41) is 4.20. The summed E-state index contributed by atoms with van der Waals surface area (Å²) >= 11 is 11.1. The Morgan fingerprint density at radius 3 is 2.68 bits per heavy atom. The second-order valence-corrected chi connectivity index (χ2v) is 6.34. The van der Waals surface area contributed by atoms with Crippen molar-refractivity contribution in [1.82, 2.24) is 0 Å². The van der Waals surface area contributed by atoms with Gasteiger partial charge in [0.2, 0.25) is 0 Å². The third-order valence-corrected chi connectivity index (χ3v) is 4.77. The second-order valence-electron chi connectivity index (χ2n) is 5.47. The summed E-state index contributed by atoms with van der Waals surface area (Å²) in [5.41, 5.74) is 8.04. The van der Waals surface area contributed by atoms with Crippen LogP contribution in [0.2, 0.25) is 5.02 Å². The molecule has 1 saturated carbocycles. The van der Waals surface area contributed by atoms with Crippen LogP contribution >= 0.6 is 23.8 Å². The predicted octanol–water partition coefficient (Wildman–Crippen LogP) is 4.36. The number of hydrogen-bond donors (Lipinski definition) is 2. The first kappa shape index (κ1) is 14.6. The van der Waals surface area contributed by atoms with Crippen LogP contribution in [0, 0.1) is 5.41 Å². The van der Waals surface area contributed by atoms with Gasteiger partial charge in [0, 0.05) is 22.8 Å². The summed E-state index contributed by atoms with van der Waals surface area (Å²) in [6.07, 6.45) is 6.53. The molecule has 0 heterocycles. The van der Waals surface area contributed by atoms with Crippen molar-refractivity contribution in [1.29, 1.82) is 0 Å². The van der Waals surface area contributed by atoms with Crippen molar-refractivity contribution in [2.24, 2.45) is 11.1 Å². The molecule has 2 nitrogen and oxygen atoms in total. The molecule has 1 aliphatic carbocycles. The van der Waals surface area contributed by atoms with E-state index in [0.29, 0.717) is 15.4 Å². The molecule has 0 saturated heterocycles. The van der Waals surface area contributed by atoms with Crippen molar-refractivity contribution < 1.29 is 0 Å². The van der Waals surface area contributed by atoms with Crippen molar-refractivity contribution in [3.8, 4) is 0 Å². The predicted molar refractivity (Wildman–Crippen MR) is 87.0 cm³/mol. The maximum Gasteiger partial charge on any atom is 0.106 e. The highest BCUT2D eigenvalue weighted by Crippen LogP contribution is 2.41. The van der Waals surface area contributed by atoms with Crippen LogP contribution in [0.3, 0.4) is 0 Å². The van der Waals surface area contributed by atoms with E-state index in [1.807, 2.05) is 18.2 Å². The highest BCUT2D eigenvalue weighted by Gasteiger charge is 2.31. The van der Waals surface area contributed by atoms with Gasteiger partial charge in [0.25, 0.3) is 0 Å². The fraction of sp³-hybridized carbons (Fsp3) is 0.533. The van der Waals surface area contributed by atoms with Gasteiger partial charge in [-0.15, -0.1) is 0 Å². The molecular weight excluding hydrogens is 276 g/mol. The van der Waals surface area contributed by atoms with Crippen LogP contribution < -0.4 is 11.1 Å². The molecule has 0 aromatic heterocycles. The molecule has 0 unspecified atom stereocenters. The first-order valence-electron chi connectivity index (χ1n) is 6.89. The fourth-order valence-electron chi connectivity index (χ4n) is 2.94. The second kappa shape index (κ2) is 6.10. The highest BCUT2D eigenvalue weighted by atomic mass is 35.5. The molecule has 0 atom stereocenters. The Morgan fingerprint density at radius 1 is 1.42 bits per heavy atom. The molecule has 0 bridgehead atoms. The number of benzene rings is 1. The summed E-state index contributed by atoms with van der Waals surface area (Å²) in [7, 11) is 0. The number of anilines is 1. The molecule has 1 fully saturated rings. The molecule has 3 N–H and O–H groups in total. The van der Waals surface area contributed by atoms with E-state index >= 15 is 0 Å². The molecule has 1 aliphatic rings. The summed E-state index contributed by atoms with van der Waals surface area (Å²) in [5.74, 6) is 0. The molecule has 4 heteroatoms. The SMILES string of the molecule is CCC1(CNc2ccc(Cl)cc2C(N)=S)CCCC1. The molecule has 0 spiro atoms. The smallest absolute Gasteiger partial charge is 0.106 e. The lowest BCUT2D eigenvalue weighted by atomic mass is 9.83. The minimum absolute atomic E-state index is 0.391. The Bertz CT molecular complexity index is 467. The van der Waals surface area contributed by atoms with Crippen LogP contribution in [0.5, 0.6) is 0 Å². The molecule has 0 amide bonds. The van der Waals surface area contributed by atoms with E-state index in [4.69, 9.17) is 29.6 Å². The van der Waals surface area contributed by atoms with E-state index in [-0.39, 0.29) is 0 Å². The zero-order valence-corrected chi connectivity index (χ0v) is 12.9. The van der Waals surface area contributed by atoms with Crippen LogP contribution in [-0.2, 0) is 0 Å². The summed E-state index contributed by atoms with van der Waals surface area (Å²) in [6.45, 7) is 3.27. The van der Waals surface area contributed by atoms with Crippen LogP contribution in [0.1, 0.15) is 44.6 Å². The standard InChI is InChI=1S/C15H21ClN2S/c1-2-15(7-3-4-8-15)10-18-13-6-5-11(16)9-12(13)14(17)19/h5-6,9,18H,2-4,7-8,10H2,1H3,(H2,17,19). The molecule has 104 valence electrons. The fourth-order valence-corrected chi connectivity index (χ4v) is 3.28. The zero-order valence-electron chi connectivity index (χ0n) is 11.3. The molecular formula is C15H21ClN2S. The quantitative estimate of drug-likeness (QED) is 0.793. The topological polar surface area (TPSA) is 38.0 Å². The lowest BCUT2D eigenvalue weighted by Crippen LogP contribution is -2.27. The number of nitrogens with two attached hydrogens (primary N) is 1. The van der Waals surface area contributed by atoms with Gasteiger partial charge in [-0.1, -0.05) is 43.6 Å². The summed E-state index contributed by atoms with van der Waals surface area (Å²) < 4.78 is 0. The van der Waals surface area contributed by atoms with Crippen molar-refractivity contribution in [2.45, 2.75) is 39.0 Å². The Balaban J connectivity index is 2.13. The zero-order chi connectivity index (χ0) is 13.9. The molecule has 19 heavy (non-hydrogen) atoms. The van der Waals surface area contributed by atoms with Gasteiger partial charge in [0.15, 0.2) is 0 Å². The number of thiocarbonyl (C=S) groups is 1. The molecule has 1 aromatic carbocycles. The van der Waals surface area contributed by atoms with Crippen molar-refractivity contribution in [3.05, 3.63) is 28.8 Å². The van der Waals surface area contributed by atoms with E-state index in [0.717, 1.165) is 17.8 Å². The lowest BCUT2D eigenvalue weighted by Gasteiger charge is -2.28. The van der Waals surface area contributed by atoms with Crippen molar-refractivity contribution in [3.63, 3.8) is 0 Å². The maximum atomic E-state index is 6.00. The number of nitrogens with one attached hydrogen (secondary N) is 1. The summed E-state index contributed by atoms with van der Waals surface area (Å²) in [4.78, 5) is 0.391. The van der Waals surface area contributed by atoms with Crippen LogP contribution in [0.25, 0.3) is 0 Å². The van der Waals surface area contributed by atoms with Crippen molar-refractivity contribution in [2.75, 3.05) is 11.9 Å². The van der Waals surface area contributed by atoms with Gasteiger partial charge in [-0.2, -0.15) is 0 Å². The van der Waals surface area contributed by atoms with Crippen LogP contribution in [-0.4, -0.2) is 11.5 Å². The van der Waals surface area contributed by atoms with Crippen LogP contribution in [0.15, 0.2) is 18.2 Å².